The van der Waals surface area contributed by atoms with Gasteiger partial charge < -0.3 is 4.57 Å². The predicted molar refractivity (Wildman–Crippen MR) is 88.4 cm³/mol. The van der Waals surface area contributed by atoms with Gasteiger partial charge in [0.25, 0.3) is 0 Å². The number of hydrogen-bond acceptors (Lipinski definition) is 4. The Morgan fingerprint density at radius 2 is 2.00 bits per heavy atom. The monoisotopic (exact) mass is 328 g/mol. The largest absolute Gasteiger partial charge is 0.335 e. The molecule has 0 atom stereocenters. The van der Waals surface area contributed by atoms with Gasteiger partial charge in [-0.2, -0.15) is 0 Å². The first-order valence-corrected chi connectivity index (χ1v) is 9.50. The molecule has 0 aliphatic carbocycles. The van der Waals surface area contributed by atoms with Crippen LogP contribution in [-0.2, 0) is 30.0 Å². The minimum atomic E-state index is -3.09. The van der Waals surface area contributed by atoms with Crippen molar-refractivity contribution in [1.29, 1.82) is 0 Å². The van der Waals surface area contributed by atoms with Gasteiger partial charge in [0, 0.05) is 52.3 Å². The topological polar surface area (TPSA) is 58.4 Å². The molecule has 0 saturated heterocycles. The van der Waals surface area contributed by atoms with E-state index < -0.39 is 10.0 Å². The average Bonchev–Trinajstić information content (AvgIpc) is 2.75. The summed E-state index contributed by atoms with van der Waals surface area (Å²) in [6, 6.07) is 0. The molecule has 0 amide bonds. The lowest BCUT2D eigenvalue weighted by atomic mass is 10.1. The van der Waals surface area contributed by atoms with Crippen LogP contribution in [0.25, 0.3) is 0 Å². The van der Waals surface area contributed by atoms with Crippen molar-refractivity contribution in [3.8, 4) is 0 Å². The van der Waals surface area contributed by atoms with Crippen molar-refractivity contribution in [3.63, 3.8) is 0 Å². The lowest BCUT2D eigenvalue weighted by Crippen LogP contribution is -2.34. The number of sulfonamides is 1. The molecular formula is C15H28N4O2S. The molecule has 1 aliphatic rings. The highest BCUT2D eigenvalue weighted by molar-refractivity contribution is 7.89. The van der Waals surface area contributed by atoms with E-state index in [1.165, 1.54) is 10.00 Å². The molecule has 7 heteroatoms. The highest BCUT2D eigenvalue weighted by Gasteiger charge is 2.23. The molecule has 0 fully saturated rings. The number of fused-ring (bicyclic) bond motifs is 1. The zero-order valence-electron chi connectivity index (χ0n) is 14.3. The van der Waals surface area contributed by atoms with E-state index >= 15 is 0 Å². The fraction of sp³-hybridized carbons (Fsp3) is 0.800. The van der Waals surface area contributed by atoms with E-state index in [9.17, 15) is 8.42 Å². The van der Waals surface area contributed by atoms with E-state index in [-0.39, 0.29) is 5.75 Å². The number of aromatic nitrogens is 2. The van der Waals surface area contributed by atoms with E-state index in [2.05, 4.69) is 30.4 Å². The van der Waals surface area contributed by atoms with Crippen LogP contribution in [0.2, 0.25) is 0 Å². The Labute approximate surface area is 134 Å². The van der Waals surface area contributed by atoms with E-state index in [1.807, 2.05) is 0 Å². The Morgan fingerprint density at radius 3 is 2.59 bits per heavy atom. The molecule has 0 radical (unpaired) electrons. The van der Waals surface area contributed by atoms with E-state index in [1.54, 1.807) is 14.1 Å². The minimum absolute atomic E-state index is 0.211. The first-order valence-electron chi connectivity index (χ1n) is 7.89. The van der Waals surface area contributed by atoms with Gasteiger partial charge in [-0.15, -0.1) is 0 Å². The number of rotatable bonds is 6. The van der Waals surface area contributed by atoms with Gasteiger partial charge in [-0.25, -0.2) is 17.7 Å². The molecule has 0 saturated carbocycles. The fourth-order valence-electron chi connectivity index (χ4n) is 2.96. The molecule has 0 N–H and O–H groups in total. The molecular weight excluding hydrogens is 300 g/mol. The lowest BCUT2D eigenvalue weighted by Gasteiger charge is -2.26. The molecule has 2 heterocycles. The number of hydrogen-bond donors (Lipinski definition) is 0. The molecule has 1 aromatic rings. The molecule has 0 spiro atoms. The third-order valence-corrected chi connectivity index (χ3v) is 6.24. The van der Waals surface area contributed by atoms with Crippen molar-refractivity contribution in [1.82, 2.24) is 18.8 Å². The number of nitrogens with zero attached hydrogens (tertiary/aromatic N) is 4. The van der Waals surface area contributed by atoms with Crippen molar-refractivity contribution in [2.45, 2.75) is 39.2 Å². The van der Waals surface area contributed by atoms with Gasteiger partial charge in [0.1, 0.15) is 5.82 Å². The van der Waals surface area contributed by atoms with Crippen LogP contribution in [0, 0.1) is 0 Å². The Morgan fingerprint density at radius 1 is 1.32 bits per heavy atom. The van der Waals surface area contributed by atoms with Crippen molar-refractivity contribution < 1.29 is 8.42 Å². The van der Waals surface area contributed by atoms with Gasteiger partial charge >= 0.3 is 0 Å². The zero-order chi connectivity index (χ0) is 16.5. The molecule has 6 nitrogen and oxygen atoms in total. The summed E-state index contributed by atoms with van der Waals surface area (Å²) in [7, 11) is 2.19. The first-order chi connectivity index (χ1) is 10.2. The van der Waals surface area contributed by atoms with Crippen LogP contribution in [0.5, 0.6) is 0 Å². The normalized spacial score (nSPS) is 16.5. The third kappa shape index (κ3) is 3.70. The molecule has 0 unspecified atom stereocenters. The Bertz CT molecular complexity index is 620. The van der Waals surface area contributed by atoms with Crippen LogP contribution >= 0.6 is 0 Å². The Balaban J connectivity index is 1.94. The smallest absolute Gasteiger partial charge is 0.213 e. The highest BCUT2D eigenvalue weighted by Crippen LogP contribution is 2.23. The van der Waals surface area contributed by atoms with E-state index in [0.29, 0.717) is 12.3 Å². The summed E-state index contributed by atoms with van der Waals surface area (Å²) in [6.45, 7) is 6.94. The van der Waals surface area contributed by atoms with Crippen molar-refractivity contribution in [2.24, 2.45) is 7.05 Å². The van der Waals surface area contributed by atoms with Gasteiger partial charge in [-0.3, -0.25) is 4.90 Å². The lowest BCUT2D eigenvalue weighted by molar-refractivity contribution is 0.249. The van der Waals surface area contributed by atoms with Gasteiger partial charge in [0.2, 0.25) is 10.0 Å². The van der Waals surface area contributed by atoms with Gasteiger partial charge in [-0.05, 0) is 13.0 Å². The summed E-state index contributed by atoms with van der Waals surface area (Å²) in [5, 5.41) is 0. The van der Waals surface area contributed by atoms with Gasteiger partial charge in [0.15, 0.2) is 0 Å². The molecule has 22 heavy (non-hydrogen) atoms. The average molecular weight is 328 g/mol. The number of imidazole rings is 1. The second-order valence-corrected chi connectivity index (χ2v) is 8.86. The maximum Gasteiger partial charge on any atom is 0.213 e. The van der Waals surface area contributed by atoms with Gasteiger partial charge in [0.05, 0.1) is 11.4 Å². The van der Waals surface area contributed by atoms with E-state index in [0.717, 1.165) is 37.6 Å². The van der Waals surface area contributed by atoms with Crippen LogP contribution in [0.1, 0.15) is 43.4 Å². The Hall–Kier alpha value is -0.920. The first kappa shape index (κ1) is 17.4. The Kier molecular flexibility index (Phi) is 5.29. The summed E-state index contributed by atoms with van der Waals surface area (Å²) < 4.78 is 27.1. The zero-order valence-corrected chi connectivity index (χ0v) is 15.2. The van der Waals surface area contributed by atoms with Crippen LogP contribution < -0.4 is 0 Å². The molecule has 2 rings (SSSR count). The quantitative estimate of drug-likeness (QED) is 0.787. The van der Waals surface area contributed by atoms with Crippen molar-refractivity contribution in [3.05, 3.63) is 17.2 Å². The SMILES string of the molecule is CC(C)c1nc2c(n1C)CCN(CCCS(=O)(=O)N(C)C)C2. The maximum atomic E-state index is 11.8. The van der Waals surface area contributed by atoms with Gasteiger partial charge in [-0.1, -0.05) is 13.8 Å². The summed E-state index contributed by atoms with van der Waals surface area (Å²) in [6.07, 6.45) is 1.66. The second kappa shape index (κ2) is 6.68. The van der Waals surface area contributed by atoms with Crippen LogP contribution in [-0.4, -0.2) is 60.1 Å². The van der Waals surface area contributed by atoms with Crippen molar-refractivity contribution in [2.75, 3.05) is 32.9 Å². The summed E-state index contributed by atoms with van der Waals surface area (Å²) in [5.74, 6) is 1.78. The molecule has 0 bridgehead atoms. The van der Waals surface area contributed by atoms with Crippen LogP contribution in [0.4, 0.5) is 0 Å². The molecule has 0 aromatic carbocycles. The minimum Gasteiger partial charge on any atom is -0.335 e. The molecule has 126 valence electrons. The second-order valence-electron chi connectivity index (χ2n) is 6.56. The standard InChI is InChI=1S/C15H28N4O2S/c1-12(2)15-16-13-11-19(9-7-14(13)18(15)5)8-6-10-22(20,21)17(3)4/h12H,6-11H2,1-5H3. The van der Waals surface area contributed by atoms with Crippen molar-refractivity contribution >= 4 is 10.0 Å². The van der Waals surface area contributed by atoms with E-state index in [4.69, 9.17) is 4.98 Å². The summed E-state index contributed by atoms with van der Waals surface area (Å²) >= 11 is 0. The maximum absolute atomic E-state index is 11.8. The third-order valence-electron chi connectivity index (χ3n) is 4.32. The fourth-order valence-corrected chi connectivity index (χ4v) is 3.82. The molecule has 1 aliphatic heterocycles. The van der Waals surface area contributed by atoms with Crippen LogP contribution in [0.15, 0.2) is 0 Å². The predicted octanol–water partition coefficient (Wildman–Crippen LogP) is 1.18. The van der Waals surface area contributed by atoms with Crippen LogP contribution in [0.3, 0.4) is 0 Å². The summed E-state index contributed by atoms with van der Waals surface area (Å²) in [4.78, 5) is 7.09. The molecule has 1 aromatic heterocycles. The highest BCUT2D eigenvalue weighted by atomic mass is 32.2. The summed E-state index contributed by atoms with van der Waals surface area (Å²) in [5.41, 5.74) is 2.49.